The zero-order valence-electron chi connectivity index (χ0n) is 9.68. The fourth-order valence-electron chi connectivity index (χ4n) is 1.80. The van der Waals surface area contributed by atoms with Crippen LogP contribution in [0.15, 0.2) is 18.2 Å². The van der Waals surface area contributed by atoms with Crippen molar-refractivity contribution in [2.75, 3.05) is 6.54 Å². The van der Waals surface area contributed by atoms with Gasteiger partial charge in [0, 0.05) is 12.6 Å². The molecule has 1 aliphatic heterocycles. The Morgan fingerprint density at radius 1 is 1.24 bits per heavy atom. The summed E-state index contributed by atoms with van der Waals surface area (Å²) in [6.07, 6.45) is 0. The van der Waals surface area contributed by atoms with Gasteiger partial charge in [-0.2, -0.15) is 0 Å². The molecule has 0 radical (unpaired) electrons. The number of carbonyl (C=O) groups is 1. The average molecular weight is 240 g/mol. The highest BCUT2D eigenvalue weighted by atomic mass is 19.1. The molecular formula is C12H14F2N2O. The van der Waals surface area contributed by atoms with Crippen LogP contribution >= 0.6 is 0 Å². The second kappa shape index (κ2) is 4.07. The summed E-state index contributed by atoms with van der Waals surface area (Å²) in [5, 5.41) is 5.78. The van der Waals surface area contributed by atoms with Gasteiger partial charge in [-0.1, -0.05) is 0 Å². The van der Waals surface area contributed by atoms with Crippen molar-refractivity contribution in [2.45, 2.75) is 25.4 Å². The first-order chi connectivity index (χ1) is 7.88. The molecule has 1 amide bonds. The Bertz CT molecular complexity index is 440. The predicted molar refractivity (Wildman–Crippen MR) is 59.3 cm³/mol. The summed E-state index contributed by atoms with van der Waals surface area (Å²) in [5.41, 5.74) is -0.221. The molecule has 2 N–H and O–H groups in total. The molecule has 5 heteroatoms. The first kappa shape index (κ1) is 12.0. The third kappa shape index (κ3) is 2.44. The minimum Gasteiger partial charge on any atom is -0.346 e. The molecule has 0 spiro atoms. The van der Waals surface area contributed by atoms with E-state index >= 15 is 0 Å². The van der Waals surface area contributed by atoms with Crippen molar-refractivity contribution in [2.24, 2.45) is 0 Å². The molecule has 92 valence electrons. The van der Waals surface area contributed by atoms with Crippen LogP contribution in [0.1, 0.15) is 25.5 Å². The molecule has 0 aromatic heterocycles. The number of rotatable bonds is 1. The summed E-state index contributed by atoms with van der Waals surface area (Å²) in [4.78, 5) is 11.7. The summed E-state index contributed by atoms with van der Waals surface area (Å²) >= 11 is 0. The largest absolute Gasteiger partial charge is 0.346 e. The molecule has 0 bridgehead atoms. The number of carbonyl (C=O) groups excluding carboxylic acids is 1. The number of hydrogen-bond acceptors (Lipinski definition) is 2. The van der Waals surface area contributed by atoms with Crippen LogP contribution < -0.4 is 10.6 Å². The maximum absolute atomic E-state index is 13.1. The van der Waals surface area contributed by atoms with Gasteiger partial charge in [0.2, 0.25) is 5.91 Å². The first-order valence-electron chi connectivity index (χ1n) is 5.40. The van der Waals surface area contributed by atoms with E-state index in [2.05, 4.69) is 10.6 Å². The van der Waals surface area contributed by atoms with Crippen LogP contribution in [0, 0.1) is 11.6 Å². The predicted octanol–water partition coefficient (Wildman–Crippen LogP) is 1.50. The summed E-state index contributed by atoms with van der Waals surface area (Å²) in [6.45, 7) is 3.96. The minimum atomic E-state index is -0.650. The van der Waals surface area contributed by atoms with Crippen molar-refractivity contribution in [3.05, 3.63) is 35.4 Å². The van der Waals surface area contributed by atoms with E-state index in [1.54, 1.807) is 13.8 Å². The molecule has 1 atom stereocenters. The number of piperazine rings is 1. The van der Waals surface area contributed by atoms with Crippen LogP contribution in [0.4, 0.5) is 8.78 Å². The molecule has 17 heavy (non-hydrogen) atoms. The average Bonchev–Trinajstić information content (AvgIpc) is 2.20. The normalized spacial score (nSPS) is 23.3. The van der Waals surface area contributed by atoms with Crippen LogP contribution in [0.25, 0.3) is 0 Å². The number of halogens is 2. The third-order valence-corrected chi connectivity index (χ3v) is 2.91. The fraction of sp³-hybridized carbons (Fsp3) is 0.417. The molecular weight excluding hydrogens is 226 g/mol. The Hall–Kier alpha value is -1.49. The lowest BCUT2D eigenvalue weighted by molar-refractivity contribution is -0.129. The molecule has 1 saturated heterocycles. The zero-order valence-corrected chi connectivity index (χ0v) is 9.68. The van der Waals surface area contributed by atoms with Gasteiger partial charge in [-0.3, -0.25) is 4.79 Å². The highest BCUT2D eigenvalue weighted by Crippen LogP contribution is 2.20. The van der Waals surface area contributed by atoms with E-state index < -0.39 is 23.2 Å². The van der Waals surface area contributed by atoms with Gasteiger partial charge in [-0.05, 0) is 31.5 Å². The molecule has 1 aromatic carbocycles. The van der Waals surface area contributed by atoms with E-state index in [0.717, 1.165) is 6.07 Å². The Balaban J connectivity index is 2.22. The summed E-state index contributed by atoms with van der Waals surface area (Å²) in [6, 6.07) is 2.87. The van der Waals surface area contributed by atoms with Crippen LogP contribution in [0.3, 0.4) is 0 Å². The Morgan fingerprint density at radius 3 is 2.35 bits per heavy atom. The molecule has 1 aliphatic rings. The molecule has 1 fully saturated rings. The van der Waals surface area contributed by atoms with Crippen LogP contribution in [-0.4, -0.2) is 18.0 Å². The van der Waals surface area contributed by atoms with Crippen molar-refractivity contribution in [1.29, 1.82) is 0 Å². The highest BCUT2D eigenvalue weighted by Gasteiger charge is 2.34. The van der Waals surface area contributed by atoms with Gasteiger partial charge in [0.05, 0.1) is 11.6 Å². The van der Waals surface area contributed by atoms with Gasteiger partial charge in [0.25, 0.3) is 0 Å². The van der Waals surface area contributed by atoms with E-state index in [-0.39, 0.29) is 5.91 Å². The van der Waals surface area contributed by atoms with E-state index in [0.29, 0.717) is 12.1 Å². The van der Waals surface area contributed by atoms with Crippen LogP contribution in [0.5, 0.6) is 0 Å². The molecule has 2 rings (SSSR count). The van der Waals surface area contributed by atoms with Crippen molar-refractivity contribution in [3.63, 3.8) is 0 Å². The Labute approximate surface area is 98.2 Å². The fourth-order valence-corrected chi connectivity index (χ4v) is 1.80. The van der Waals surface area contributed by atoms with Crippen molar-refractivity contribution in [3.8, 4) is 0 Å². The molecule has 0 unspecified atom stereocenters. The van der Waals surface area contributed by atoms with E-state index in [1.807, 2.05) is 0 Å². The second-order valence-electron chi connectivity index (χ2n) is 4.73. The zero-order chi connectivity index (χ0) is 12.6. The van der Waals surface area contributed by atoms with Gasteiger partial charge < -0.3 is 10.6 Å². The first-order valence-corrected chi connectivity index (χ1v) is 5.40. The monoisotopic (exact) mass is 240 g/mol. The summed E-state index contributed by atoms with van der Waals surface area (Å²) in [7, 11) is 0. The van der Waals surface area contributed by atoms with Gasteiger partial charge in [0.15, 0.2) is 0 Å². The maximum Gasteiger partial charge on any atom is 0.240 e. The lowest BCUT2D eigenvalue weighted by atomic mass is 9.96. The molecule has 0 saturated carbocycles. The van der Waals surface area contributed by atoms with Crippen LogP contribution in [-0.2, 0) is 4.79 Å². The highest BCUT2D eigenvalue weighted by molar-refractivity contribution is 5.86. The van der Waals surface area contributed by atoms with Crippen molar-refractivity contribution >= 4 is 5.91 Å². The van der Waals surface area contributed by atoms with Gasteiger partial charge >= 0.3 is 0 Å². The van der Waals surface area contributed by atoms with Gasteiger partial charge in [-0.15, -0.1) is 0 Å². The molecule has 0 aliphatic carbocycles. The number of hydrogen-bond donors (Lipinski definition) is 2. The van der Waals surface area contributed by atoms with Crippen molar-refractivity contribution in [1.82, 2.24) is 10.6 Å². The van der Waals surface area contributed by atoms with Crippen molar-refractivity contribution < 1.29 is 13.6 Å². The standard InChI is InChI=1S/C12H14F2N2O/c1-12(2)11(17)16-10(6-15-12)7-3-8(13)5-9(14)4-7/h3-5,10,15H,6H2,1-2H3,(H,16,17)/t10-/m0/s1. The lowest BCUT2D eigenvalue weighted by Gasteiger charge is -2.35. The minimum absolute atomic E-state index is 0.182. The SMILES string of the molecule is CC1(C)NC[C@@H](c2cc(F)cc(F)c2)NC1=O. The second-order valence-corrected chi connectivity index (χ2v) is 4.73. The maximum atomic E-state index is 13.1. The van der Waals surface area contributed by atoms with E-state index in [9.17, 15) is 13.6 Å². The Kier molecular flexibility index (Phi) is 2.87. The quantitative estimate of drug-likeness (QED) is 0.781. The van der Waals surface area contributed by atoms with Gasteiger partial charge in [0.1, 0.15) is 11.6 Å². The Morgan fingerprint density at radius 2 is 1.82 bits per heavy atom. The smallest absolute Gasteiger partial charge is 0.240 e. The van der Waals surface area contributed by atoms with Gasteiger partial charge in [-0.25, -0.2) is 8.78 Å². The lowest BCUT2D eigenvalue weighted by Crippen LogP contribution is -2.60. The number of amides is 1. The number of nitrogens with one attached hydrogen (secondary N) is 2. The topological polar surface area (TPSA) is 41.1 Å². The molecule has 1 aromatic rings. The third-order valence-electron chi connectivity index (χ3n) is 2.91. The summed E-state index contributed by atoms with van der Waals surface area (Å²) < 4.78 is 26.1. The van der Waals surface area contributed by atoms with Crippen LogP contribution in [0.2, 0.25) is 0 Å². The molecule has 1 heterocycles. The molecule has 3 nitrogen and oxygen atoms in total. The van der Waals surface area contributed by atoms with E-state index in [4.69, 9.17) is 0 Å². The number of benzene rings is 1. The summed E-state index contributed by atoms with van der Waals surface area (Å²) in [5.74, 6) is -1.46. The van der Waals surface area contributed by atoms with E-state index in [1.165, 1.54) is 12.1 Å².